The summed E-state index contributed by atoms with van der Waals surface area (Å²) in [6.45, 7) is 0.709. The normalized spacial score (nSPS) is 24.0. The SMILES string of the molecule is Cc1nc([C@@H]2O[C@@H]3COC(c4ccccc4)O[C@@H]3[C@H](n3cc(-c4cc(F)c(Cl)c(F)c4)nn3)[C@H]2OCC(=O)N[C@H]2C[C@@H](Oc3cccnc3C(=O)Nc3ccc4c(c3)CN(C3CCC(=O)NC3=O)C4=O)C2)n(-c2cc(Cl)ccc2C(F)(F)F)n1. The number of ether oxygens (including phenoxy) is 5. The number of alkyl halides is 3. The molecule has 5 aliphatic rings. The largest absolute Gasteiger partial charge is 0.488 e. The minimum Gasteiger partial charge on any atom is -0.488 e. The highest BCUT2D eigenvalue weighted by Gasteiger charge is 2.54. The Morgan fingerprint density at radius 1 is 0.940 bits per heavy atom. The molecule has 4 aromatic carbocycles. The summed E-state index contributed by atoms with van der Waals surface area (Å²) in [5.74, 6) is -4.75. The fraction of sp³-hybridized carbons (Fsp3) is 0.321. The topological polar surface area (TPSA) is 245 Å². The van der Waals surface area contributed by atoms with Gasteiger partial charge in [0, 0.05) is 65.4 Å². The second kappa shape index (κ2) is 22.7. The molecule has 3 saturated heterocycles. The fourth-order valence-electron chi connectivity index (χ4n) is 10.9. The van der Waals surface area contributed by atoms with E-state index in [0.717, 1.165) is 35.0 Å². The molecule has 0 bridgehead atoms. The number of aromatic nitrogens is 7. The number of carbonyl (C=O) groups excluding carboxylic acids is 5. The van der Waals surface area contributed by atoms with Crippen LogP contribution in [-0.4, -0.2) is 119 Å². The predicted molar refractivity (Wildman–Crippen MR) is 283 cm³/mol. The Morgan fingerprint density at radius 3 is 2.49 bits per heavy atom. The summed E-state index contributed by atoms with van der Waals surface area (Å²) in [6, 6.07) is 19.2. The summed E-state index contributed by atoms with van der Waals surface area (Å²) < 4.78 is 109. The van der Waals surface area contributed by atoms with Crippen molar-refractivity contribution >= 4 is 58.4 Å². The number of halogens is 7. The van der Waals surface area contributed by atoms with E-state index in [-0.39, 0.29) is 84.1 Å². The molecular formula is C56H46Cl2F5N11O10. The van der Waals surface area contributed by atoms with Crippen LogP contribution in [0.25, 0.3) is 16.9 Å². The van der Waals surface area contributed by atoms with E-state index in [1.807, 2.05) is 0 Å². The molecule has 7 aromatic rings. The number of hydrogen-bond donors (Lipinski definition) is 3. The second-order valence-corrected chi connectivity index (χ2v) is 21.3. The lowest BCUT2D eigenvalue weighted by molar-refractivity contribution is -0.322. The predicted octanol–water partition coefficient (Wildman–Crippen LogP) is 7.75. The van der Waals surface area contributed by atoms with Crippen LogP contribution in [0.4, 0.5) is 27.6 Å². The number of imide groups is 1. The van der Waals surface area contributed by atoms with Crippen LogP contribution in [0.5, 0.6) is 5.75 Å². The molecule has 7 heterocycles. The van der Waals surface area contributed by atoms with Crippen molar-refractivity contribution in [3.05, 3.63) is 165 Å². The van der Waals surface area contributed by atoms with Gasteiger partial charge in [0.05, 0.1) is 24.1 Å². The third-order valence-electron chi connectivity index (χ3n) is 14.9. The molecule has 4 aliphatic heterocycles. The van der Waals surface area contributed by atoms with E-state index in [1.165, 1.54) is 28.9 Å². The molecule has 12 rings (SSSR count). The van der Waals surface area contributed by atoms with E-state index in [2.05, 4.69) is 41.3 Å². The molecular weight excluding hydrogens is 1150 g/mol. The van der Waals surface area contributed by atoms with Crippen LogP contribution in [0.1, 0.15) is 93.3 Å². The van der Waals surface area contributed by atoms with Crippen molar-refractivity contribution in [2.75, 3.05) is 18.5 Å². The Labute approximate surface area is 482 Å². The lowest BCUT2D eigenvalue weighted by Gasteiger charge is -2.49. The molecule has 0 radical (unpaired) electrons. The highest BCUT2D eigenvalue weighted by Crippen LogP contribution is 2.47. The third-order valence-corrected chi connectivity index (χ3v) is 15.5. The summed E-state index contributed by atoms with van der Waals surface area (Å²) in [6.07, 6.45) is -7.84. The number of fused-ring (bicyclic) bond motifs is 2. The average molecular weight is 1200 g/mol. The van der Waals surface area contributed by atoms with Gasteiger partial charge in [-0.05, 0) is 79.6 Å². The van der Waals surface area contributed by atoms with E-state index >= 15 is 0 Å². The molecule has 0 spiro atoms. The molecule has 28 heteroatoms. The van der Waals surface area contributed by atoms with Gasteiger partial charge >= 0.3 is 6.18 Å². The molecule has 4 fully saturated rings. The minimum absolute atomic E-state index is 0.0205. The number of benzene rings is 4. The van der Waals surface area contributed by atoms with Gasteiger partial charge in [0.15, 0.2) is 23.6 Å². The van der Waals surface area contributed by atoms with Crippen LogP contribution in [0.15, 0.2) is 103 Å². The van der Waals surface area contributed by atoms with Gasteiger partial charge in [-0.3, -0.25) is 29.3 Å². The number of nitrogens with zero attached hydrogens (tertiary/aromatic N) is 8. The molecule has 7 atom stereocenters. The van der Waals surface area contributed by atoms with Crippen molar-refractivity contribution in [1.82, 2.24) is 50.3 Å². The zero-order chi connectivity index (χ0) is 58.7. The number of anilines is 1. The Morgan fingerprint density at radius 2 is 1.73 bits per heavy atom. The lowest BCUT2D eigenvalue weighted by atomic mass is 9.89. The first kappa shape index (κ1) is 56.2. The Bertz CT molecular complexity index is 3730. The maximum absolute atomic E-state index is 14.9. The van der Waals surface area contributed by atoms with Crippen molar-refractivity contribution in [3.8, 4) is 22.7 Å². The summed E-state index contributed by atoms with van der Waals surface area (Å²) in [4.78, 5) is 75.6. The Hall–Kier alpha value is -8.27. The summed E-state index contributed by atoms with van der Waals surface area (Å²) >= 11 is 12.1. The van der Waals surface area contributed by atoms with E-state index < -0.39 is 119 Å². The van der Waals surface area contributed by atoms with Crippen LogP contribution in [0, 0.1) is 18.6 Å². The molecule has 3 aromatic heterocycles. The van der Waals surface area contributed by atoms with Crippen molar-refractivity contribution < 1.29 is 69.6 Å². The fourth-order valence-corrected chi connectivity index (χ4v) is 11.2. The third kappa shape index (κ3) is 11.2. The molecule has 3 N–H and O–H groups in total. The zero-order valence-corrected chi connectivity index (χ0v) is 45.3. The number of pyridine rings is 1. The van der Waals surface area contributed by atoms with E-state index in [0.29, 0.717) is 22.4 Å². The van der Waals surface area contributed by atoms with Crippen molar-refractivity contribution in [1.29, 1.82) is 0 Å². The Kier molecular flexibility index (Phi) is 15.2. The van der Waals surface area contributed by atoms with E-state index in [1.54, 1.807) is 60.7 Å². The van der Waals surface area contributed by atoms with Gasteiger partial charge in [-0.25, -0.2) is 28.1 Å². The lowest BCUT2D eigenvalue weighted by Crippen LogP contribution is -2.58. The molecule has 21 nitrogen and oxygen atoms in total. The van der Waals surface area contributed by atoms with Crippen LogP contribution in [-0.2, 0) is 46.1 Å². The number of carbonyl (C=O) groups is 5. The van der Waals surface area contributed by atoms with E-state index in [4.69, 9.17) is 46.9 Å². The maximum atomic E-state index is 14.9. The average Bonchev–Trinajstić information content (AvgIpc) is 2.22. The number of amides is 5. The minimum atomic E-state index is -4.90. The first-order valence-corrected chi connectivity index (χ1v) is 27.1. The molecule has 434 valence electrons. The standard InChI is InChI=1S/C56H46Cl2F5N11O10/c1-26-65-51(74(70-26)40-19-30(57)9-12-35(40)56(61,62)63)50-49(47(48-42(83-50)24-81-55(84-48)27-6-3-2-4-7-27)73-23-38(69-71-73)28-17-36(59)45(58)37(60)18-28)80-25-44(76)66-32-20-33(21-32)82-41-8-5-15-64-46(41)53(78)67-31-10-11-34-29(16-31)22-72(54(34)79)39-13-14-43(75)68-52(39)77/h2-12,15-19,23,32-33,39,42,47-50,55H,13-14,20-22,24-25H2,1H3,(H,66,76)(H,67,78)(H,68,75,77)/t32-,33+,39?,42-,47+,48+,49-,50-,55?/m1/s1. The molecule has 1 aliphatic carbocycles. The van der Waals surface area contributed by atoms with Crippen molar-refractivity contribution in [2.24, 2.45) is 0 Å². The van der Waals surface area contributed by atoms with E-state index in [9.17, 15) is 45.9 Å². The molecule has 1 saturated carbocycles. The number of hydrogen-bond acceptors (Lipinski definition) is 15. The number of aryl methyl sites for hydroxylation is 1. The molecule has 5 amide bonds. The van der Waals surface area contributed by atoms with Crippen molar-refractivity contribution in [3.63, 3.8) is 0 Å². The van der Waals surface area contributed by atoms with Gasteiger partial charge in [-0.15, -0.1) is 5.10 Å². The van der Waals surface area contributed by atoms with Crippen LogP contribution < -0.4 is 20.7 Å². The summed E-state index contributed by atoms with van der Waals surface area (Å²) in [5, 5.41) is 20.2. The first-order valence-electron chi connectivity index (χ1n) is 26.3. The molecule has 2 unspecified atom stereocenters. The van der Waals surface area contributed by atoms with Crippen LogP contribution >= 0.6 is 23.2 Å². The number of piperidine rings is 1. The van der Waals surface area contributed by atoms with Gasteiger partial charge in [0.1, 0.15) is 77.4 Å². The van der Waals surface area contributed by atoms with Crippen LogP contribution in [0.2, 0.25) is 10.0 Å². The quantitative estimate of drug-likeness (QED) is 0.0535. The molecule has 84 heavy (non-hydrogen) atoms. The van der Waals surface area contributed by atoms with Gasteiger partial charge < -0.3 is 39.2 Å². The monoisotopic (exact) mass is 1200 g/mol. The van der Waals surface area contributed by atoms with Gasteiger partial charge in [-0.2, -0.15) is 18.3 Å². The van der Waals surface area contributed by atoms with Gasteiger partial charge in [-0.1, -0.05) is 58.7 Å². The summed E-state index contributed by atoms with van der Waals surface area (Å²) in [7, 11) is 0. The highest BCUT2D eigenvalue weighted by molar-refractivity contribution is 6.31. The Balaban J connectivity index is 0.783. The second-order valence-electron chi connectivity index (χ2n) is 20.5. The van der Waals surface area contributed by atoms with Gasteiger partial charge in [0.25, 0.3) is 11.8 Å². The number of rotatable bonds is 14. The smallest absolute Gasteiger partial charge is 0.418 e. The highest BCUT2D eigenvalue weighted by atomic mass is 35.5. The van der Waals surface area contributed by atoms with Crippen LogP contribution in [0.3, 0.4) is 0 Å². The first-order chi connectivity index (χ1) is 40.3. The zero-order valence-electron chi connectivity index (χ0n) is 43.8. The van der Waals surface area contributed by atoms with Crippen molar-refractivity contribution in [2.45, 2.75) is 100 Å². The number of nitrogens with one attached hydrogen (secondary N) is 3. The summed E-state index contributed by atoms with van der Waals surface area (Å²) in [5.41, 5.74) is 0.162. The van der Waals surface area contributed by atoms with Gasteiger partial charge in [0.2, 0.25) is 17.7 Å². The maximum Gasteiger partial charge on any atom is 0.418 e.